The summed E-state index contributed by atoms with van der Waals surface area (Å²) in [6, 6.07) is 5.17. The standard InChI is InChI=1S/C18H19FO2/c1-3-5-13-8-9-17(19)16(11-13)14-6-4-7-15(18(20)21)12(2)10-14/h4,6-9,11H,3,5,10H2,1-2H3,(H,20,21). The normalized spacial score (nSPS) is 14.9. The van der Waals surface area contributed by atoms with Gasteiger partial charge in [-0.25, -0.2) is 9.18 Å². The largest absolute Gasteiger partial charge is 0.478 e. The van der Waals surface area contributed by atoms with Crippen LogP contribution in [0.5, 0.6) is 0 Å². The summed E-state index contributed by atoms with van der Waals surface area (Å²) < 4.78 is 14.1. The lowest BCUT2D eigenvalue weighted by Gasteiger charge is -2.11. The molecule has 1 aromatic carbocycles. The van der Waals surface area contributed by atoms with Gasteiger partial charge in [0, 0.05) is 5.56 Å². The third kappa shape index (κ3) is 3.48. The van der Waals surface area contributed by atoms with Crippen LogP contribution in [-0.2, 0) is 11.2 Å². The van der Waals surface area contributed by atoms with Crippen molar-refractivity contribution in [3.05, 3.63) is 64.5 Å². The molecular formula is C18H19FO2. The molecule has 0 aromatic heterocycles. The lowest BCUT2D eigenvalue weighted by molar-refractivity contribution is -0.132. The molecule has 0 atom stereocenters. The van der Waals surface area contributed by atoms with E-state index in [-0.39, 0.29) is 11.4 Å². The number of hydrogen-bond donors (Lipinski definition) is 1. The van der Waals surface area contributed by atoms with Crippen LogP contribution in [-0.4, -0.2) is 11.1 Å². The molecule has 0 radical (unpaired) electrons. The highest BCUT2D eigenvalue weighted by Gasteiger charge is 2.15. The summed E-state index contributed by atoms with van der Waals surface area (Å²) in [4.78, 5) is 11.2. The molecule has 0 bridgehead atoms. The first kappa shape index (κ1) is 15.2. The summed E-state index contributed by atoms with van der Waals surface area (Å²) in [7, 11) is 0. The Labute approximate surface area is 124 Å². The van der Waals surface area contributed by atoms with Crippen molar-refractivity contribution < 1.29 is 14.3 Å². The number of allylic oxidation sites excluding steroid dienone is 4. The van der Waals surface area contributed by atoms with Gasteiger partial charge in [-0.1, -0.05) is 37.1 Å². The maximum absolute atomic E-state index is 14.1. The smallest absolute Gasteiger partial charge is 0.335 e. The van der Waals surface area contributed by atoms with E-state index >= 15 is 0 Å². The van der Waals surface area contributed by atoms with Crippen molar-refractivity contribution in [2.24, 2.45) is 0 Å². The Morgan fingerprint density at radius 1 is 1.38 bits per heavy atom. The second-order valence-electron chi connectivity index (χ2n) is 5.29. The molecule has 21 heavy (non-hydrogen) atoms. The summed E-state index contributed by atoms with van der Waals surface area (Å²) in [5.41, 5.74) is 3.50. The Morgan fingerprint density at radius 2 is 2.14 bits per heavy atom. The molecule has 1 N–H and O–H groups in total. The minimum absolute atomic E-state index is 0.263. The van der Waals surface area contributed by atoms with Gasteiger partial charge in [-0.15, -0.1) is 0 Å². The molecule has 0 saturated carbocycles. The number of carboxylic acid groups (broad SMARTS) is 1. The van der Waals surface area contributed by atoms with E-state index in [1.807, 2.05) is 6.07 Å². The maximum atomic E-state index is 14.1. The van der Waals surface area contributed by atoms with Crippen molar-refractivity contribution in [2.75, 3.05) is 0 Å². The van der Waals surface area contributed by atoms with E-state index in [0.29, 0.717) is 12.0 Å². The SMILES string of the molecule is CCCc1ccc(F)c(C2=CC=CC(C(=O)O)=C(C)C2)c1. The molecule has 110 valence electrons. The first-order chi connectivity index (χ1) is 10.0. The van der Waals surface area contributed by atoms with Gasteiger partial charge >= 0.3 is 5.97 Å². The molecule has 1 aromatic rings. The topological polar surface area (TPSA) is 37.3 Å². The Kier molecular flexibility index (Phi) is 4.73. The number of aryl methyl sites for hydroxylation is 1. The fourth-order valence-electron chi connectivity index (χ4n) is 2.54. The predicted octanol–water partition coefficient (Wildman–Crippen LogP) is 4.52. The van der Waals surface area contributed by atoms with Crippen LogP contribution in [0, 0.1) is 5.82 Å². The lowest BCUT2D eigenvalue weighted by Crippen LogP contribution is -2.01. The molecule has 2 nitrogen and oxygen atoms in total. The number of halogens is 1. The monoisotopic (exact) mass is 286 g/mol. The van der Waals surface area contributed by atoms with Crippen molar-refractivity contribution in [1.82, 2.24) is 0 Å². The highest BCUT2D eigenvalue weighted by molar-refractivity contribution is 5.92. The average Bonchev–Trinajstić information content (AvgIpc) is 2.63. The zero-order valence-corrected chi connectivity index (χ0v) is 12.3. The van der Waals surface area contributed by atoms with Crippen LogP contribution in [0.2, 0.25) is 0 Å². The quantitative estimate of drug-likeness (QED) is 0.883. The molecule has 0 aliphatic heterocycles. The average molecular weight is 286 g/mol. The van der Waals surface area contributed by atoms with Crippen LogP contribution in [0.4, 0.5) is 4.39 Å². The number of rotatable bonds is 4. The van der Waals surface area contributed by atoms with Crippen molar-refractivity contribution in [3.8, 4) is 0 Å². The van der Waals surface area contributed by atoms with Gasteiger partial charge < -0.3 is 5.11 Å². The van der Waals surface area contributed by atoms with Crippen LogP contribution in [0.3, 0.4) is 0 Å². The van der Waals surface area contributed by atoms with Gasteiger partial charge in [-0.05, 0) is 49.1 Å². The van der Waals surface area contributed by atoms with E-state index in [1.165, 1.54) is 6.07 Å². The van der Waals surface area contributed by atoms with E-state index < -0.39 is 5.97 Å². The molecule has 0 amide bonds. The third-order valence-corrected chi connectivity index (χ3v) is 3.62. The summed E-state index contributed by atoms with van der Waals surface area (Å²) in [5, 5.41) is 9.15. The molecule has 0 saturated heterocycles. The maximum Gasteiger partial charge on any atom is 0.335 e. The molecule has 0 fully saturated rings. The first-order valence-electron chi connectivity index (χ1n) is 7.12. The van der Waals surface area contributed by atoms with Crippen LogP contribution >= 0.6 is 0 Å². The molecule has 1 aliphatic rings. The fourth-order valence-corrected chi connectivity index (χ4v) is 2.54. The minimum Gasteiger partial charge on any atom is -0.478 e. The Hall–Kier alpha value is -2.16. The van der Waals surface area contributed by atoms with E-state index in [0.717, 1.165) is 29.6 Å². The number of carbonyl (C=O) groups is 1. The molecule has 2 rings (SSSR count). The Bertz CT molecular complexity index is 651. The Balaban J connectivity index is 2.40. The van der Waals surface area contributed by atoms with E-state index in [9.17, 15) is 9.18 Å². The van der Waals surface area contributed by atoms with Gasteiger partial charge in [0.25, 0.3) is 0 Å². The van der Waals surface area contributed by atoms with E-state index in [4.69, 9.17) is 5.11 Å². The van der Waals surface area contributed by atoms with Crippen molar-refractivity contribution in [3.63, 3.8) is 0 Å². The second-order valence-corrected chi connectivity index (χ2v) is 5.29. The number of benzene rings is 1. The van der Waals surface area contributed by atoms with Gasteiger partial charge in [0.05, 0.1) is 5.57 Å². The van der Waals surface area contributed by atoms with Crippen LogP contribution in [0.1, 0.15) is 37.8 Å². The summed E-state index contributed by atoms with van der Waals surface area (Å²) in [6.45, 7) is 3.86. The third-order valence-electron chi connectivity index (χ3n) is 3.62. The van der Waals surface area contributed by atoms with Crippen molar-refractivity contribution >= 4 is 11.5 Å². The lowest BCUT2D eigenvalue weighted by atomic mass is 9.95. The highest BCUT2D eigenvalue weighted by Crippen LogP contribution is 2.29. The van der Waals surface area contributed by atoms with Crippen LogP contribution < -0.4 is 0 Å². The second kappa shape index (κ2) is 6.53. The molecular weight excluding hydrogens is 267 g/mol. The molecule has 0 spiro atoms. The molecule has 0 heterocycles. The zero-order valence-electron chi connectivity index (χ0n) is 12.3. The molecule has 3 heteroatoms. The number of carboxylic acids is 1. The molecule has 1 aliphatic carbocycles. The van der Waals surface area contributed by atoms with Crippen molar-refractivity contribution in [1.29, 1.82) is 0 Å². The number of hydrogen-bond acceptors (Lipinski definition) is 1. The summed E-state index contributed by atoms with van der Waals surface area (Å²) in [6.07, 6.45) is 7.41. The highest BCUT2D eigenvalue weighted by atomic mass is 19.1. The van der Waals surface area contributed by atoms with Crippen molar-refractivity contribution in [2.45, 2.75) is 33.1 Å². The summed E-state index contributed by atoms with van der Waals surface area (Å²) in [5.74, 6) is -1.21. The van der Waals surface area contributed by atoms with Gasteiger partial charge in [-0.2, -0.15) is 0 Å². The molecule has 0 unspecified atom stereocenters. The van der Waals surface area contributed by atoms with Crippen LogP contribution in [0.25, 0.3) is 5.57 Å². The fraction of sp³-hybridized carbons (Fsp3) is 0.278. The summed E-state index contributed by atoms with van der Waals surface area (Å²) >= 11 is 0. The van der Waals surface area contributed by atoms with Crippen LogP contribution in [0.15, 0.2) is 47.6 Å². The minimum atomic E-state index is -0.946. The van der Waals surface area contributed by atoms with Gasteiger partial charge in [-0.3, -0.25) is 0 Å². The van der Waals surface area contributed by atoms with Gasteiger partial charge in [0.2, 0.25) is 0 Å². The first-order valence-corrected chi connectivity index (χ1v) is 7.12. The Morgan fingerprint density at radius 3 is 2.81 bits per heavy atom. The number of aliphatic carboxylic acids is 1. The zero-order chi connectivity index (χ0) is 15.4. The van der Waals surface area contributed by atoms with Gasteiger partial charge in [0.15, 0.2) is 0 Å². The van der Waals surface area contributed by atoms with E-state index in [1.54, 1.807) is 31.2 Å². The predicted molar refractivity (Wildman–Crippen MR) is 82.5 cm³/mol. The van der Waals surface area contributed by atoms with Gasteiger partial charge in [0.1, 0.15) is 5.82 Å². The van der Waals surface area contributed by atoms with E-state index in [2.05, 4.69) is 6.92 Å².